The highest BCUT2D eigenvalue weighted by atomic mass is 32.1. The number of nitrogens with zero attached hydrogens (tertiary/aromatic N) is 3. The molecule has 2 aromatic heterocycles. The lowest BCUT2D eigenvalue weighted by Gasteiger charge is -2.16. The molecule has 0 spiro atoms. The largest absolute Gasteiger partial charge is 0.462 e. The quantitative estimate of drug-likeness (QED) is 0.366. The molecule has 2 N–H and O–H groups in total. The summed E-state index contributed by atoms with van der Waals surface area (Å²) in [7, 11) is 1.72. The molecule has 1 unspecified atom stereocenters. The molecule has 0 aliphatic heterocycles. The number of hydrogen-bond acceptors (Lipinski definition) is 6. The Hall–Kier alpha value is -3.00. The molecule has 152 valence electrons. The van der Waals surface area contributed by atoms with Crippen molar-refractivity contribution in [1.29, 1.82) is 0 Å². The lowest BCUT2D eigenvalue weighted by molar-refractivity contribution is 0.0531. The van der Waals surface area contributed by atoms with Gasteiger partial charge in [0.1, 0.15) is 9.88 Å². The van der Waals surface area contributed by atoms with Gasteiger partial charge >= 0.3 is 5.97 Å². The van der Waals surface area contributed by atoms with Crippen LogP contribution in [0.3, 0.4) is 0 Å². The number of thiazole rings is 1. The van der Waals surface area contributed by atoms with E-state index in [9.17, 15) is 4.79 Å². The third kappa shape index (κ3) is 4.89. The van der Waals surface area contributed by atoms with E-state index in [1.54, 1.807) is 14.0 Å². The number of rotatable bonds is 6. The summed E-state index contributed by atoms with van der Waals surface area (Å²) in [4.78, 5) is 25.9. The normalized spacial score (nSPS) is 12.6. The maximum absolute atomic E-state index is 12.0. The van der Waals surface area contributed by atoms with Gasteiger partial charge in [-0.15, -0.1) is 11.3 Å². The van der Waals surface area contributed by atoms with Crippen molar-refractivity contribution < 1.29 is 9.53 Å². The second-order valence-corrected chi connectivity index (χ2v) is 7.49. The molecule has 3 aromatic rings. The molecule has 0 amide bonds. The topological polar surface area (TPSA) is 88.5 Å². The number of aliphatic imine (C=N–C) groups is 1. The number of carbonyl (C=O) groups is 1. The molecule has 0 radical (unpaired) electrons. The van der Waals surface area contributed by atoms with Crippen molar-refractivity contribution in [3.63, 3.8) is 0 Å². The summed E-state index contributed by atoms with van der Waals surface area (Å²) in [6.45, 7) is 6.48. The minimum Gasteiger partial charge on any atom is -0.462 e. The third-order valence-corrected chi connectivity index (χ3v) is 5.72. The molecule has 1 aromatic carbocycles. The van der Waals surface area contributed by atoms with E-state index in [1.165, 1.54) is 11.3 Å². The lowest BCUT2D eigenvalue weighted by Crippen LogP contribution is -2.38. The zero-order valence-electron chi connectivity index (χ0n) is 17.0. The molecule has 29 heavy (non-hydrogen) atoms. The molecule has 2 heterocycles. The van der Waals surface area contributed by atoms with Crippen molar-refractivity contribution in [2.45, 2.75) is 33.4 Å². The van der Waals surface area contributed by atoms with Crippen molar-refractivity contribution >= 4 is 34.0 Å². The van der Waals surface area contributed by atoms with Crippen LogP contribution in [0.5, 0.6) is 0 Å². The predicted molar refractivity (Wildman–Crippen MR) is 116 cm³/mol. The van der Waals surface area contributed by atoms with Crippen LogP contribution in [-0.2, 0) is 11.3 Å². The van der Waals surface area contributed by atoms with Crippen LogP contribution >= 0.6 is 11.3 Å². The Morgan fingerprint density at radius 3 is 2.86 bits per heavy atom. The number of ether oxygens (including phenoxy) is 1. The monoisotopic (exact) mass is 411 g/mol. The molecule has 7 nitrogen and oxygen atoms in total. The first kappa shape index (κ1) is 20.7. The standard InChI is InChI=1S/C21H25N5O2S/c1-5-28-20(27)18-13(2)25-19(29-18)14(3)26-21(22-4)24-12-17-16-9-7-6-8-15(16)10-11-23-17/h6-11,14H,5,12H2,1-4H3,(H2,22,24,26). The van der Waals surface area contributed by atoms with Crippen LogP contribution in [0, 0.1) is 6.92 Å². The van der Waals surface area contributed by atoms with E-state index in [2.05, 4.69) is 37.7 Å². The molecular formula is C21H25N5O2S. The maximum atomic E-state index is 12.0. The van der Waals surface area contributed by atoms with E-state index in [1.807, 2.05) is 38.2 Å². The van der Waals surface area contributed by atoms with Gasteiger partial charge in [-0.3, -0.25) is 9.98 Å². The molecule has 0 bridgehead atoms. The van der Waals surface area contributed by atoms with Crippen LogP contribution in [0.25, 0.3) is 10.8 Å². The summed E-state index contributed by atoms with van der Waals surface area (Å²) < 4.78 is 5.09. The van der Waals surface area contributed by atoms with Gasteiger partial charge in [-0.1, -0.05) is 24.3 Å². The van der Waals surface area contributed by atoms with Gasteiger partial charge in [-0.05, 0) is 32.2 Å². The van der Waals surface area contributed by atoms with E-state index < -0.39 is 0 Å². The average Bonchev–Trinajstić information content (AvgIpc) is 3.13. The van der Waals surface area contributed by atoms with E-state index in [0.29, 0.717) is 29.7 Å². The van der Waals surface area contributed by atoms with Crippen LogP contribution in [0.15, 0.2) is 41.5 Å². The number of aromatic nitrogens is 2. The number of guanidine groups is 1. The highest BCUT2D eigenvalue weighted by molar-refractivity contribution is 7.13. The van der Waals surface area contributed by atoms with Gasteiger partial charge in [0, 0.05) is 18.6 Å². The summed E-state index contributed by atoms with van der Waals surface area (Å²) in [6, 6.07) is 10.0. The van der Waals surface area contributed by atoms with Crippen LogP contribution in [0.2, 0.25) is 0 Å². The summed E-state index contributed by atoms with van der Waals surface area (Å²) in [5, 5.41) is 9.69. The smallest absolute Gasteiger partial charge is 0.350 e. The van der Waals surface area contributed by atoms with Crippen molar-refractivity contribution in [2.75, 3.05) is 13.7 Å². The molecule has 0 saturated carbocycles. The predicted octanol–water partition coefficient (Wildman–Crippen LogP) is 3.60. The Balaban J connectivity index is 1.67. The highest BCUT2D eigenvalue weighted by Crippen LogP contribution is 2.24. The number of carbonyl (C=O) groups excluding carboxylic acids is 1. The second-order valence-electron chi connectivity index (χ2n) is 6.46. The summed E-state index contributed by atoms with van der Waals surface area (Å²) in [6.07, 6.45) is 1.81. The van der Waals surface area contributed by atoms with Gasteiger partial charge < -0.3 is 15.4 Å². The van der Waals surface area contributed by atoms with Crippen LogP contribution in [0.1, 0.15) is 46.0 Å². The highest BCUT2D eigenvalue weighted by Gasteiger charge is 2.20. The van der Waals surface area contributed by atoms with Gasteiger partial charge in [-0.2, -0.15) is 0 Å². The summed E-state index contributed by atoms with van der Waals surface area (Å²) in [5.74, 6) is 0.309. The molecular weight excluding hydrogens is 386 g/mol. The Morgan fingerprint density at radius 2 is 2.10 bits per heavy atom. The number of fused-ring (bicyclic) bond motifs is 1. The molecule has 0 saturated heterocycles. The molecule has 0 fully saturated rings. The maximum Gasteiger partial charge on any atom is 0.350 e. The van der Waals surface area contributed by atoms with Crippen LogP contribution in [0.4, 0.5) is 0 Å². The zero-order valence-corrected chi connectivity index (χ0v) is 17.8. The van der Waals surface area contributed by atoms with Gasteiger partial charge in [0.25, 0.3) is 0 Å². The van der Waals surface area contributed by atoms with Gasteiger partial charge in [0.2, 0.25) is 0 Å². The molecule has 1 atom stereocenters. The number of aryl methyl sites for hydroxylation is 1. The molecule has 0 aliphatic carbocycles. The number of pyridine rings is 1. The Labute approximate surface area is 174 Å². The van der Waals surface area contributed by atoms with E-state index in [-0.39, 0.29) is 12.0 Å². The molecule has 8 heteroatoms. The van der Waals surface area contributed by atoms with Crippen LogP contribution < -0.4 is 10.6 Å². The average molecular weight is 412 g/mol. The Bertz CT molecular complexity index is 1030. The fourth-order valence-electron chi connectivity index (χ4n) is 2.94. The zero-order chi connectivity index (χ0) is 20.8. The third-order valence-electron chi connectivity index (χ3n) is 4.40. The molecule has 0 aliphatic rings. The van der Waals surface area contributed by atoms with E-state index >= 15 is 0 Å². The van der Waals surface area contributed by atoms with Crippen molar-refractivity contribution in [3.8, 4) is 0 Å². The van der Waals surface area contributed by atoms with Gasteiger partial charge in [0.15, 0.2) is 5.96 Å². The van der Waals surface area contributed by atoms with Crippen molar-refractivity contribution in [3.05, 3.63) is 57.8 Å². The lowest BCUT2D eigenvalue weighted by atomic mass is 10.1. The number of nitrogens with one attached hydrogen (secondary N) is 2. The molecule has 3 rings (SSSR count). The fraction of sp³-hybridized carbons (Fsp3) is 0.333. The first-order chi connectivity index (χ1) is 14.0. The minimum atomic E-state index is -0.328. The Kier molecular flexibility index (Phi) is 6.77. The minimum absolute atomic E-state index is 0.117. The number of benzene rings is 1. The van der Waals surface area contributed by atoms with Crippen molar-refractivity contribution in [1.82, 2.24) is 20.6 Å². The van der Waals surface area contributed by atoms with Crippen LogP contribution in [-0.4, -0.2) is 35.6 Å². The van der Waals surface area contributed by atoms with Gasteiger partial charge in [0.05, 0.1) is 30.6 Å². The van der Waals surface area contributed by atoms with E-state index in [0.717, 1.165) is 21.5 Å². The number of esters is 1. The van der Waals surface area contributed by atoms with E-state index in [4.69, 9.17) is 4.74 Å². The summed E-state index contributed by atoms with van der Waals surface area (Å²) in [5.41, 5.74) is 1.63. The van der Waals surface area contributed by atoms with Crippen molar-refractivity contribution in [2.24, 2.45) is 4.99 Å². The number of hydrogen-bond donors (Lipinski definition) is 2. The second kappa shape index (κ2) is 9.47. The summed E-state index contributed by atoms with van der Waals surface area (Å²) >= 11 is 1.34. The first-order valence-corrected chi connectivity index (χ1v) is 10.3. The Morgan fingerprint density at radius 1 is 1.31 bits per heavy atom. The SMILES string of the molecule is CCOC(=O)c1sc(C(C)NC(=NC)NCc2nccc3ccccc23)nc1C. The first-order valence-electron chi connectivity index (χ1n) is 9.47. The fourth-order valence-corrected chi connectivity index (χ4v) is 3.90. The van der Waals surface area contributed by atoms with Gasteiger partial charge in [-0.25, -0.2) is 9.78 Å².